The zero-order valence-electron chi connectivity index (χ0n) is 9.95. The van der Waals surface area contributed by atoms with Crippen molar-refractivity contribution in [3.63, 3.8) is 0 Å². The van der Waals surface area contributed by atoms with Crippen LogP contribution in [0, 0.1) is 0 Å². The molecule has 0 N–H and O–H groups in total. The van der Waals surface area contributed by atoms with Gasteiger partial charge in [0, 0.05) is 26.6 Å². The van der Waals surface area contributed by atoms with Crippen molar-refractivity contribution >= 4 is 32.5 Å². The maximum absolute atomic E-state index is 11.8. The van der Waals surface area contributed by atoms with Gasteiger partial charge in [-0.1, -0.05) is 47.8 Å². The van der Waals surface area contributed by atoms with Crippen molar-refractivity contribution in [1.82, 2.24) is 0 Å². The molecule has 1 atom stereocenters. The summed E-state index contributed by atoms with van der Waals surface area (Å²) in [6.07, 6.45) is 3.13. The molecule has 4 heteroatoms. The summed E-state index contributed by atoms with van der Waals surface area (Å²) in [5.74, 6) is 0.744. The van der Waals surface area contributed by atoms with Crippen LogP contribution in [-0.4, -0.2) is 21.5 Å². The lowest BCUT2D eigenvalue weighted by atomic mass is 10.2. The molecule has 0 aromatic heterocycles. The number of hydrogen-bond acceptors (Lipinski definition) is 2. The van der Waals surface area contributed by atoms with Crippen LogP contribution in [0.5, 0.6) is 0 Å². The van der Waals surface area contributed by atoms with E-state index in [2.05, 4.69) is 22.9 Å². The van der Waals surface area contributed by atoms with E-state index in [1.165, 1.54) is 0 Å². The molecule has 1 unspecified atom stereocenters. The summed E-state index contributed by atoms with van der Waals surface area (Å²) in [7, 11) is -1.02. The molecule has 0 saturated carbocycles. The monoisotopic (exact) mass is 316 g/mol. The Morgan fingerprint density at radius 3 is 2.47 bits per heavy atom. The number of hydrogen-bond donors (Lipinski definition) is 0. The molecule has 94 valence electrons. The zero-order chi connectivity index (χ0) is 12.7. The predicted octanol–water partition coefficient (Wildman–Crippen LogP) is 3.57. The molecule has 0 saturated heterocycles. The highest BCUT2D eigenvalue weighted by Crippen LogP contribution is 2.11. The summed E-state index contributed by atoms with van der Waals surface area (Å²) in [5, 5.41) is 0. The molecule has 17 heavy (non-hydrogen) atoms. The summed E-state index contributed by atoms with van der Waals surface area (Å²) in [5.41, 5.74) is 0.636. The summed E-state index contributed by atoms with van der Waals surface area (Å²) < 4.78 is 12.6. The van der Waals surface area contributed by atoms with Crippen molar-refractivity contribution in [3.05, 3.63) is 34.3 Å². The molecular formula is C13H17BrO2S. The van der Waals surface area contributed by atoms with Gasteiger partial charge in [0.2, 0.25) is 0 Å². The Morgan fingerprint density at radius 2 is 1.88 bits per heavy atom. The second-order valence-corrected chi connectivity index (χ2v) is 6.42. The van der Waals surface area contributed by atoms with Crippen molar-refractivity contribution in [1.29, 1.82) is 0 Å². The van der Waals surface area contributed by atoms with Crippen LogP contribution in [0.15, 0.2) is 28.7 Å². The summed E-state index contributed by atoms with van der Waals surface area (Å²) in [6.45, 7) is 2.11. The SMILES string of the molecule is CCCCCS(=O)CC(=O)c1ccc(Br)cc1. The first kappa shape index (κ1) is 14.6. The largest absolute Gasteiger partial charge is 0.293 e. The normalized spacial score (nSPS) is 12.4. The first-order chi connectivity index (χ1) is 8.13. The van der Waals surface area contributed by atoms with E-state index in [9.17, 15) is 9.00 Å². The highest BCUT2D eigenvalue weighted by atomic mass is 79.9. The van der Waals surface area contributed by atoms with Crippen LogP contribution in [0.3, 0.4) is 0 Å². The van der Waals surface area contributed by atoms with Crippen LogP contribution >= 0.6 is 15.9 Å². The maximum atomic E-state index is 11.8. The van der Waals surface area contributed by atoms with Gasteiger partial charge < -0.3 is 0 Å². The lowest BCUT2D eigenvalue weighted by molar-refractivity contribution is 0.102. The van der Waals surface area contributed by atoms with Gasteiger partial charge in [-0.3, -0.25) is 9.00 Å². The highest BCUT2D eigenvalue weighted by molar-refractivity contribution is 9.10. The third kappa shape index (κ3) is 5.59. The molecule has 0 aliphatic rings. The van der Waals surface area contributed by atoms with Crippen LogP contribution < -0.4 is 0 Å². The Bertz CT molecular complexity index is 387. The quantitative estimate of drug-likeness (QED) is 0.569. The first-order valence-corrected chi connectivity index (χ1v) is 8.05. The maximum Gasteiger partial charge on any atom is 0.175 e. The Kier molecular flexibility index (Phi) is 6.66. The highest BCUT2D eigenvalue weighted by Gasteiger charge is 2.10. The number of halogens is 1. The minimum atomic E-state index is -1.02. The fourth-order valence-electron chi connectivity index (χ4n) is 1.45. The summed E-state index contributed by atoms with van der Waals surface area (Å²) in [4.78, 5) is 11.8. The lowest BCUT2D eigenvalue weighted by Crippen LogP contribution is -2.13. The molecule has 0 bridgehead atoms. The van der Waals surface area contributed by atoms with E-state index >= 15 is 0 Å². The van der Waals surface area contributed by atoms with Crippen LogP contribution in [-0.2, 0) is 10.8 Å². The van der Waals surface area contributed by atoms with E-state index < -0.39 is 10.8 Å². The van der Waals surface area contributed by atoms with Gasteiger partial charge in [-0.25, -0.2) is 0 Å². The van der Waals surface area contributed by atoms with Gasteiger partial charge in [-0.05, 0) is 18.6 Å². The van der Waals surface area contributed by atoms with Crippen LogP contribution in [0.2, 0.25) is 0 Å². The number of carbonyl (C=O) groups is 1. The minimum Gasteiger partial charge on any atom is -0.293 e. The molecule has 0 amide bonds. The van der Waals surface area contributed by atoms with Crippen molar-refractivity contribution in [2.45, 2.75) is 26.2 Å². The molecule has 0 aliphatic heterocycles. The number of unbranched alkanes of at least 4 members (excludes halogenated alkanes) is 2. The van der Waals surface area contributed by atoms with E-state index in [1.807, 2.05) is 12.1 Å². The molecule has 0 fully saturated rings. The lowest BCUT2D eigenvalue weighted by Gasteiger charge is -2.02. The predicted molar refractivity (Wildman–Crippen MR) is 75.9 cm³/mol. The van der Waals surface area contributed by atoms with E-state index in [0.29, 0.717) is 11.3 Å². The van der Waals surface area contributed by atoms with Crippen LogP contribution in [0.1, 0.15) is 36.5 Å². The van der Waals surface area contributed by atoms with Crippen molar-refractivity contribution in [2.24, 2.45) is 0 Å². The Morgan fingerprint density at radius 1 is 1.24 bits per heavy atom. The van der Waals surface area contributed by atoms with Gasteiger partial charge in [0.1, 0.15) is 0 Å². The van der Waals surface area contributed by atoms with Crippen LogP contribution in [0.25, 0.3) is 0 Å². The average Bonchev–Trinajstić information content (AvgIpc) is 2.30. The second kappa shape index (κ2) is 7.77. The van der Waals surface area contributed by atoms with E-state index in [1.54, 1.807) is 12.1 Å². The van der Waals surface area contributed by atoms with Crippen LogP contribution in [0.4, 0.5) is 0 Å². The van der Waals surface area contributed by atoms with Gasteiger partial charge in [0.25, 0.3) is 0 Å². The van der Waals surface area contributed by atoms with Crippen molar-refractivity contribution in [2.75, 3.05) is 11.5 Å². The zero-order valence-corrected chi connectivity index (χ0v) is 12.4. The van der Waals surface area contributed by atoms with E-state index in [-0.39, 0.29) is 11.5 Å². The van der Waals surface area contributed by atoms with Crippen molar-refractivity contribution in [3.8, 4) is 0 Å². The molecule has 2 nitrogen and oxygen atoms in total. The number of rotatable bonds is 7. The Hall–Kier alpha value is -0.480. The topological polar surface area (TPSA) is 34.1 Å². The molecule has 1 rings (SSSR count). The number of Topliss-reactive ketones (excluding diaryl/α,β-unsaturated/α-hetero) is 1. The molecule has 0 radical (unpaired) electrons. The fourth-order valence-corrected chi connectivity index (χ4v) is 2.84. The number of carbonyl (C=O) groups excluding carboxylic acids is 1. The van der Waals surface area contributed by atoms with Crippen molar-refractivity contribution < 1.29 is 9.00 Å². The molecule has 0 aliphatic carbocycles. The molecular weight excluding hydrogens is 300 g/mol. The molecule has 1 aromatic rings. The van der Waals surface area contributed by atoms with Gasteiger partial charge in [0.15, 0.2) is 5.78 Å². The van der Waals surface area contributed by atoms with Gasteiger partial charge in [0.05, 0.1) is 5.75 Å². The third-order valence-corrected chi connectivity index (χ3v) is 4.29. The van der Waals surface area contributed by atoms with Gasteiger partial charge in [-0.15, -0.1) is 0 Å². The number of benzene rings is 1. The minimum absolute atomic E-state index is 0.0349. The molecule has 1 aromatic carbocycles. The summed E-state index contributed by atoms with van der Waals surface area (Å²) >= 11 is 3.32. The average molecular weight is 317 g/mol. The second-order valence-electron chi connectivity index (χ2n) is 3.93. The Balaban J connectivity index is 2.43. The smallest absolute Gasteiger partial charge is 0.175 e. The van der Waals surface area contributed by atoms with Gasteiger partial charge >= 0.3 is 0 Å². The third-order valence-electron chi connectivity index (χ3n) is 2.43. The number of ketones is 1. The molecule has 0 heterocycles. The van der Waals surface area contributed by atoms with E-state index in [4.69, 9.17) is 0 Å². The fraction of sp³-hybridized carbons (Fsp3) is 0.462. The van der Waals surface area contributed by atoms with Gasteiger partial charge in [-0.2, -0.15) is 0 Å². The Labute approximate surface area is 113 Å². The molecule has 0 spiro atoms. The first-order valence-electron chi connectivity index (χ1n) is 5.77. The van der Waals surface area contributed by atoms with E-state index in [0.717, 1.165) is 23.7 Å². The summed E-state index contributed by atoms with van der Waals surface area (Å²) in [6, 6.07) is 7.17. The standard InChI is InChI=1S/C13H17BrO2S/c1-2-3-4-9-17(16)10-13(15)11-5-7-12(14)8-6-11/h5-8H,2-4,9-10H2,1H3.